The fourth-order valence-electron chi connectivity index (χ4n) is 2.54. The first-order chi connectivity index (χ1) is 14.3. The summed E-state index contributed by atoms with van der Waals surface area (Å²) in [6.45, 7) is 1.83. The predicted octanol–water partition coefficient (Wildman–Crippen LogP) is 4.90. The summed E-state index contributed by atoms with van der Waals surface area (Å²) < 4.78 is 53.4. The fraction of sp³-hybridized carbons (Fsp3) is 0.158. The van der Waals surface area contributed by atoms with Crippen molar-refractivity contribution in [2.45, 2.75) is 17.6 Å². The Labute approximate surface area is 179 Å². The maximum Gasteiger partial charge on any atom is 0.341 e. The lowest BCUT2D eigenvalue weighted by Gasteiger charge is -2.09. The third kappa shape index (κ3) is 4.42. The number of benzene rings is 1. The topological polar surface area (TPSA) is 89.5 Å². The highest BCUT2D eigenvalue weighted by Crippen LogP contribution is 2.38. The van der Waals surface area contributed by atoms with E-state index in [4.69, 9.17) is 4.74 Å². The summed E-state index contributed by atoms with van der Waals surface area (Å²) >= 11 is 2.57. The Hall–Kier alpha value is -2.63. The highest BCUT2D eigenvalue weighted by Gasteiger charge is 2.27. The maximum atomic E-state index is 12.6. The smallest absolute Gasteiger partial charge is 0.341 e. The molecule has 0 atom stereocenters. The van der Waals surface area contributed by atoms with Crippen LogP contribution in [0.2, 0.25) is 0 Å². The molecule has 0 bridgehead atoms. The fourth-order valence-corrected chi connectivity index (χ4v) is 5.03. The minimum absolute atomic E-state index is 0.0455. The highest BCUT2D eigenvalue weighted by molar-refractivity contribution is 7.91. The minimum Gasteiger partial charge on any atom is -0.462 e. The van der Waals surface area contributed by atoms with E-state index in [-0.39, 0.29) is 22.7 Å². The van der Waals surface area contributed by atoms with Crippen molar-refractivity contribution < 1.29 is 31.5 Å². The van der Waals surface area contributed by atoms with Gasteiger partial charge in [0.05, 0.1) is 11.5 Å². The van der Waals surface area contributed by atoms with Crippen LogP contribution in [-0.4, -0.2) is 32.7 Å². The molecular weight excluding hydrogens is 456 g/mol. The first-order valence-corrected chi connectivity index (χ1v) is 11.8. The molecule has 6 nitrogen and oxygen atoms in total. The van der Waals surface area contributed by atoms with E-state index in [0.29, 0.717) is 5.56 Å². The van der Waals surface area contributed by atoms with Crippen LogP contribution >= 0.6 is 22.7 Å². The molecule has 2 heterocycles. The third-order valence-electron chi connectivity index (χ3n) is 3.96. The van der Waals surface area contributed by atoms with Crippen LogP contribution in [0.1, 0.15) is 27.6 Å². The molecule has 30 heavy (non-hydrogen) atoms. The molecule has 158 valence electrons. The van der Waals surface area contributed by atoms with E-state index in [9.17, 15) is 26.8 Å². The lowest BCUT2D eigenvalue weighted by Crippen LogP contribution is -2.15. The number of halogens is 2. The van der Waals surface area contributed by atoms with Crippen LogP contribution in [0.3, 0.4) is 0 Å². The Bertz CT molecular complexity index is 1150. The van der Waals surface area contributed by atoms with Gasteiger partial charge in [0.2, 0.25) is 9.84 Å². The van der Waals surface area contributed by atoms with Crippen molar-refractivity contribution in [1.29, 1.82) is 0 Å². The molecule has 0 saturated carbocycles. The van der Waals surface area contributed by atoms with Gasteiger partial charge in [0.1, 0.15) is 10.6 Å². The van der Waals surface area contributed by atoms with Gasteiger partial charge in [-0.1, -0.05) is 6.07 Å². The van der Waals surface area contributed by atoms with Crippen LogP contribution in [0.5, 0.6) is 0 Å². The second-order valence-electron chi connectivity index (χ2n) is 5.84. The van der Waals surface area contributed by atoms with E-state index in [1.165, 1.54) is 11.3 Å². The van der Waals surface area contributed by atoms with Crippen LogP contribution in [0.15, 0.2) is 52.1 Å². The normalized spacial score (nSPS) is 11.5. The largest absolute Gasteiger partial charge is 0.462 e. The van der Waals surface area contributed by atoms with Crippen LogP contribution < -0.4 is 5.32 Å². The Morgan fingerprint density at radius 1 is 1.13 bits per heavy atom. The van der Waals surface area contributed by atoms with Gasteiger partial charge in [0.25, 0.3) is 5.91 Å². The number of ether oxygens (including phenoxy) is 1. The molecule has 0 fully saturated rings. The zero-order valence-corrected chi connectivity index (χ0v) is 17.9. The van der Waals surface area contributed by atoms with E-state index in [2.05, 4.69) is 5.32 Å². The first kappa shape index (κ1) is 22.1. The highest BCUT2D eigenvalue weighted by atomic mass is 32.2. The van der Waals surface area contributed by atoms with Crippen LogP contribution in [-0.2, 0) is 14.6 Å². The van der Waals surface area contributed by atoms with Crippen molar-refractivity contribution in [3.63, 3.8) is 0 Å². The van der Waals surface area contributed by atoms with Crippen LogP contribution in [0, 0.1) is 0 Å². The second-order valence-corrected chi connectivity index (χ2v) is 9.58. The number of sulfone groups is 1. The predicted molar refractivity (Wildman–Crippen MR) is 111 cm³/mol. The van der Waals surface area contributed by atoms with Gasteiger partial charge < -0.3 is 10.1 Å². The second kappa shape index (κ2) is 9.02. The van der Waals surface area contributed by atoms with E-state index in [0.717, 1.165) is 40.5 Å². The number of alkyl halides is 2. The SMILES string of the molecule is CCOC(=O)c1c(-c2cccs2)csc1NC(=O)c1ccc(S(=O)(=O)C(F)F)cc1. The molecule has 0 aliphatic carbocycles. The number of nitrogens with one attached hydrogen (secondary N) is 1. The Balaban J connectivity index is 1.89. The molecule has 0 spiro atoms. The standard InChI is InChI=1S/C19H15F2NO5S3/c1-2-27-18(24)15-13(14-4-3-9-28-14)10-29-17(15)22-16(23)11-5-7-12(8-6-11)30(25,26)19(20)21/h3-10,19H,2H2,1H3,(H,22,23). The number of thiophene rings is 2. The minimum atomic E-state index is -4.75. The van der Waals surface area contributed by atoms with E-state index >= 15 is 0 Å². The molecular formula is C19H15F2NO5S3. The average molecular weight is 472 g/mol. The Morgan fingerprint density at radius 3 is 2.40 bits per heavy atom. The lowest BCUT2D eigenvalue weighted by atomic mass is 10.1. The number of carbonyl (C=O) groups excluding carboxylic acids is 2. The number of rotatable bonds is 7. The summed E-state index contributed by atoms with van der Waals surface area (Å²) in [5.41, 5.74) is 0.890. The number of amides is 1. The van der Waals surface area contributed by atoms with Crippen molar-refractivity contribution in [2.75, 3.05) is 11.9 Å². The molecule has 1 aromatic carbocycles. The summed E-state index contributed by atoms with van der Waals surface area (Å²) in [6, 6.07) is 7.80. The van der Waals surface area contributed by atoms with E-state index < -0.39 is 32.4 Å². The summed E-state index contributed by atoms with van der Waals surface area (Å²) in [5, 5.41) is 6.47. The zero-order valence-electron chi connectivity index (χ0n) is 15.4. The van der Waals surface area contributed by atoms with Gasteiger partial charge in [0, 0.05) is 21.4 Å². The molecule has 0 aliphatic rings. The van der Waals surface area contributed by atoms with Crippen molar-refractivity contribution >= 4 is 49.4 Å². The third-order valence-corrected chi connectivity index (χ3v) is 7.16. The maximum absolute atomic E-state index is 12.6. The van der Waals surface area contributed by atoms with Gasteiger partial charge >= 0.3 is 11.7 Å². The number of carbonyl (C=O) groups is 2. The van der Waals surface area contributed by atoms with Crippen molar-refractivity contribution in [2.24, 2.45) is 0 Å². The van der Waals surface area contributed by atoms with Crippen molar-refractivity contribution in [3.8, 4) is 10.4 Å². The van der Waals surface area contributed by atoms with Gasteiger partial charge in [-0.15, -0.1) is 22.7 Å². The number of esters is 1. The molecule has 2 aromatic heterocycles. The molecule has 3 aromatic rings. The lowest BCUT2D eigenvalue weighted by molar-refractivity contribution is 0.0529. The molecule has 3 rings (SSSR count). The molecule has 0 radical (unpaired) electrons. The van der Waals surface area contributed by atoms with Crippen molar-refractivity contribution in [3.05, 3.63) is 58.3 Å². The van der Waals surface area contributed by atoms with E-state index in [1.54, 1.807) is 12.3 Å². The number of hydrogen-bond acceptors (Lipinski definition) is 7. The average Bonchev–Trinajstić information content (AvgIpc) is 3.37. The monoisotopic (exact) mass is 471 g/mol. The zero-order chi connectivity index (χ0) is 21.9. The summed E-state index contributed by atoms with van der Waals surface area (Å²) in [6.07, 6.45) is 0. The van der Waals surface area contributed by atoms with Gasteiger partial charge in [-0.05, 0) is 42.6 Å². The van der Waals surface area contributed by atoms with Gasteiger partial charge in [-0.3, -0.25) is 4.79 Å². The molecule has 1 N–H and O–H groups in total. The van der Waals surface area contributed by atoms with Gasteiger partial charge in [0.15, 0.2) is 0 Å². The number of anilines is 1. The van der Waals surface area contributed by atoms with Gasteiger partial charge in [-0.2, -0.15) is 8.78 Å². The molecule has 0 aliphatic heterocycles. The van der Waals surface area contributed by atoms with Gasteiger partial charge in [-0.25, -0.2) is 13.2 Å². The number of hydrogen-bond donors (Lipinski definition) is 1. The quantitative estimate of drug-likeness (QED) is 0.495. The Morgan fingerprint density at radius 2 is 1.83 bits per heavy atom. The summed E-state index contributed by atoms with van der Waals surface area (Å²) in [5.74, 6) is -4.76. The van der Waals surface area contributed by atoms with Crippen molar-refractivity contribution in [1.82, 2.24) is 0 Å². The molecule has 0 unspecified atom stereocenters. The van der Waals surface area contributed by atoms with Crippen LogP contribution in [0.25, 0.3) is 10.4 Å². The van der Waals surface area contributed by atoms with Crippen LogP contribution in [0.4, 0.5) is 13.8 Å². The first-order valence-electron chi connectivity index (χ1n) is 8.51. The molecule has 1 amide bonds. The Kier molecular flexibility index (Phi) is 6.64. The molecule has 11 heteroatoms. The summed E-state index contributed by atoms with van der Waals surface area (Å²) in [4.78, 5) is 25.3. The summed E-state index contributed by atoms with van der Waals surface area (Å²) in [7, 11) is -4.75. The molecule has 0 saturated heterocycles. The van der Waals surface area contributed by atoms with E-state index in [1.807, 2.05) is 17.5 Å².